The lowest BCUT2D eigenvalue weighted by Crippen LogP contribution is -1.97. The Kier molecular flexibility index (Phi) is 4.11. The van der Waals surface area contributed by atoms with Gasteiger partial charge in [-0.3, -0.25) is 0 Å². The molecule has 1 aromatic carbocycles. The summed E-state index contributed by atoms with van der Waals surface area (Å²) in [6.45, 7) is 5.60. The zero-order valence-electron chi connectivity index (χ0n) is 10.6. The fraction of sp³-hybridized carbons (Fsp3) is 0.200. The molecule has 2 rings (SSSR count). The Morgan fingerprint density at radius 2 is 2.32 bits per heavy atom. The van der Waals surface area contributed by atoms with Gasteiger partial charge in [-0.05, 0) is 25.1 Å². The van der Waals surface area contributed by atoms with Gasteiger partial charge in [-0.2, -0.15) is 0 Å². The molecular formula is C15H14N2O2. The largest absolute Gasteiger partial charge is 0.472 e. The number of aliphatic hydroxyl groups excluding tert-OH is 1. The molecule has 0 radical (unpaired) electrons. The molecule has 0 aliphatic carbocycles. The lowest BCUT2D eigenvalue weighted by Gasteiger charge is -2.03. The molecule has 1 atom stereocenters. The number of rotatable bonds is 3. The molecule has 1 unspecified atom stereocenters. The fourth-order valence-corrected chi connectivity index (χ4v) is 1.47. The van der Waals surface area contributed by atoms with Crippen molar-refractivity contribution in [3.8, 4) is 17.7 Å². The highest BCUT2D eigenvalue weighted by Gasteiger charge is 2.01. The van der Waals surface area contributed by atoms with Crippen LogP contribution in [0.15, 0.2) is 37.1 Å². The maximum Gasteiger partial charge on any atom is 0.233 e. The Hall–Kier alpha value is -2.38. The second-order valence-electron chi connectivity index (χ2n) is 3.96. The van der Waals surface area contributed by atoms with Crippen LogP contribution in [-0.4, -0.2) is 27.8 Å². The van der Waals surface area contributed by atoms with Gasteiger partial charge >= 0.3 is 0 Å². The molecule has 2 aromatic rings. The van der Waals surface area contributed by atoms with Gasteiger partial charge < -0.3 is 9.84 Å². The van der Waals surface area contributed by atoms with Crippen molar-refractivity contribution in [2.75, 3.05) is 6.61 Å². The molecule has 0 fully saturated rings. The molecule has 19 heavy (non-hydrogen) atoms. The van der Waals surface area contributed by atoms with Crippen LogP contribution in [0.2, 0.25) is 0 Å². The van der Waals surface area contributed by atoms with E-state index in [1.165, 1.54) is 0 Å². The van der Waals surface area contributed by atoms with Crippen molar-refractivity contribution in [1.82, 2.24) is 9.97 Å². The summed E-state index contributed by atoms with van der Waals surface area (Å²) in [4.78, 5) is 8.59. The maximum atomic E-state index is 9.12. The molecule has 96 valence electrons. The highest BCUT2D eigenvalue weighted by Crippen LogP contribution is 2.15. The van der Waals surface area contributed by atoms with Gasteiger partial charge in [-0.15, -0.1) is 0 Å². The highest BCUT2D eigenvalue weighted by molar-refractivity contribution is 5.76. The SMILES string of the molecule is C=CCOc1cnc2cc(C#CC(C)O)ccc2n1. The van der Waals surface area contributed by atoms with E-state index >= 15 is 0 Å². The Balaban J connectivity index is 2.30. The molecule has 0 aliphatic rings. The number of aromatic nitrogens is 2. The van der Waals surface area contributed by atoms with Crippen molar-refractivity contribution >= 4 is 11.0 Å². The second-order valence-corrected chi connectivity index (χ2v) is 3.96. The van der Waals surface area contributed by atoms with E-state index < -0.39 is 6.10 Å². The van der Waals surface area contributed by atoms with E-state index in [0.717, 1.165) is 16.6 Å². The van der Waals surface area contributed by atoms with Crippen LogP contribution in [0.4, 0.5) is 0 Å². The zero-order valence-corrected chi connectivity index (χ0v) is 10.6. The molecule has 0 aliphatic heterocycles. The third-order valence-corrected chi connectivity index (χ3v) is 2.29. The number of aliphatic hydroxyl groups is 1. The summed E-state index contributed by atoms with van der Waals surface area (Å²) in [7, 11) is 0. The van der Waals surface area contributed by atoms with Crippen molar-refractivity contribution in [2.45, 2.75) is 13.0 Å². The Labute approximate surface area is 111 Å². The molecule has 0 bridgehead atoms. The Morgan fingerprint density at radius 1 is 1.47 bits per heavy atom. The Morgan fingerprint density at radius 3 is 3.05 bits per heavy atom. The first-order valence-corrected chi connectivity index (χ1v) is 5.89. The minimum absolute atomic E-state index is 0.401. The van der Waals surface area contributed by atoms with Gasteiger partial charge in [0.1, 0.15) is 12.7 Å². The van der Waals surface area contributed by atoms with Crippen LogP contribution in [0.3, 0.4) is 0 Å². The predicted octanol–water partition coefficient (Wildman–Crippen LogP) is 1.93. The number of benzene rings is 1. The van der Waals surface area contributed by atoms with E-state index in [9.17, 15) is 0 Å². The minimum atomic E-state index is -0.642. The van der Waals surface area contributed by atoms with Gasteiger partial charge in [0.2, 0.25) is 5.88 Å². The normalized spacial score (nSPS) is 11.5. The third-order valence-electron chi connectivity index (χ3n) is 2.29. The van der Waals surface area contributed by atoms with Gasteiger partial charge in [-0.1, -0.05) is 24.5 Å². The van der Waals surface area contributed by atoms with Crippen molar-refractivity contribution in [3.05, 3.63) is 42.6 Å². The molecule has 1 aromatic heterocycles. The maximum absolute atomic E-state index is 9.12. The molecule has 0 saturated heterocycles. The van der Waals surface area contributed by atoms with E-state index in [1.54, 1.807) is 19.2 Å². The first-order chi connectivity index (χ1) is 9.19. The van der Waals surface area contributed by atoms with Crippen LogP contribution in [0.5, 0.6) is 5.88 Å². The lowest BCUT2D eigenvalue weighted by atomic mass is 10.2. The summed E-state index contributed by atoms with van der Waals surface area (Å²) in [6.07, 6.45) is 2.58. The highest BCUT2D eigenvalue weighted by atomic mass is 16.5. The zero-order chi connectivity index (χ0) is 13.7. The predicted molar refractivity (Wildman–Crippen MR) is 73.8 cm³/mol. The minimum Gasteiger partial charge on any atom is -0.472 e. The average Bonchev–Trinajstić information content (AvgIpc) is 2.42. The quantitative estimate of drug-likeness (QED) is 0.671. The van der Waals surface area contributed by atoms with Gasteiger partial charge in [0.25, 0.3) is 0 Å². The van der Waals surface area contributed by atoms with E-state index in [4.69, 9.17) is 9.84 Å². The number of hydrogen-bond donors (Lipinski definition) is 1. The summed E-state index contributed by atoms with van der Waals surface area (Å²) in [6, 6.07) is 5.49. The van der Waals surface area contributed by atoms with Crippen LogP contribution in [0.25, 0.3) is 11.0 Å². The van der Waals surface area contributed by atoms with Crippen molar-refractivity contribution in [2.24, 2.45) is 0 Å². The number of hydrogen-bond acceptors (Lipinski definition) is 4. The van der Waals surface area contributed by atoms with Crippen LogP contribution >= 0.6 is 0 Å². The summed E-state index contributed by atoms with van der Waals surface area (Å²) < 4.78 is 5.32. The molecule has 1 N–H and O–H groups in total. The van der Waals surface area contributed by atoms with Gasteiger partial charge in [-0.25, -0.2) is 9.97 Å². The molecule has 1 heterocycles. The van der Waals surface area contributed by atoms with Crippen molar-refractivity contribution < 1.29 is 9.84 Å². The summed E-state index contributed by atoms with van der Waals surface area (Å²) >= 11 is 0. The summed E-state index contributed by atoms with van der Waals surface area (Å²) in [5.41, 5.74) is 2.27. The molecule has 0 saturated carbocycles. The average molecular weight is 254 g/mol. The first-order valence-electron chi connectivity index (χ1n) is 5.89. The standard InChI is InChI=1S/C15H14N2O2/c1-3-8-19-15-10-16-14-9-12(5-4-11(2)18)6-7-13(14)17-15/h3,6-7,9-11,18H,1,8H2,2H3. The molecule has 4 heteroatoms. The number of nitrogens with zero attached hydrogens (tertiary/aromatic N) is 2. The smallest absolute Gasteiger partial charge is 0.233 e. The Bertz CT molecular complexity index is 654. The molecule has 0 amide bonds. The van der Waals surface area contributed by atoms with Gasteiger partial charge in [0, 0.05) is 5.56 Å². The van der Waals surface area contributed by atoms with Crippen molar-refractivity contribution in [3.63, 3.8) is 0 Å². The summed E-state index contributed by atoms with van der Waals surface area (Å²) in [5, 5.41) is 9.12. The monoisotopic (exact) mass is 254 g/mol. The fourth-order valence-electron chi connectivity index (χ4n) is 1.47. The van der Waals surface area contributed by atoms with E-state index in [2.05, 4.69) is 28.4 Å². The van der Waals surface area contributed by atoms with Crippen molar-refractivity contribution in [1.29, 1.82) is 0 Å². The van der Waals surface area contributed by atoms with E-state index in [-0.39, 0.29) is 0 Å². The van der Waals surface area contributed by atoms with E-state index in [0.29, 0.717) is 12.5 Å². The molecule has 0 spiro atoms. The number of ether oxygens (including phenoxy) is 1. The van der Waals surface area contributed by atoms with Crippen LogP contribution in [0, 0.1) is 11.8 Å². The number of fused-ring (bicyclic) bond motifs is 1. The summed E-state index contributed by atoms with van der Waals surface area (Å²) in [5.74, 6) is 6.03. The van der Waals surface area contributed by atoms with Gasteiger partial charge in [0.15, 0.2) is 0 Å². The third kappa shape index (κ3) is 3.54. The van der Waals surface area contributed by atoms with Crippen LogP contribution in [-0.2, 0) is 0 Å². The van der Waals surface area contributed by atoms with Gasteiger partial charge in [0.05, 0.1) is 17.2 Å². The van der Waals surface area contributed by atoms with E-state index in [1.807, 2.05) is 18.2 Å². The molecule has 4 nitrogen and oxygen atoms in total. The van der Waals surface area contributed by atoms with Crippen LogP contribution < -0.4 is 4.74 Å². The first kappa shape index (κ1) is 13.1. The van der Waals surface area contributed by atoms with Crippen LogP contribution in [0.1, 0.15) is 12.5 Å². The topological polar surface area (TPSA) is 55.2 Å². The second kappa shape index (κ2) is 5.98. The lowest BCUT2D eigenvalue weighted by molar-refractivity contribution is 0.253. The molecular weight excluding hydrogens is 240 g/mol.